The quantitative estimate of drug-likeness (QED) is 0.850. The van der Waals surface area contributed by atoms with E-state index in [0.29, 0.717) is 0 Å². The van der Waals surface area contributed by atoms with Crippen LogP contribution in [-0.2, 0) is 0 Å². The number of nitrogens with two attached hydrogens (primary N) is 1. The highest BCUT2D eigenvalue weighted by Gasteiger charge is 2.23. The lowest BCUT2D eigenvalue weighted by atomic mass is 10.2. The van der Waals surface area contributed by atoms with E-state index in [1.54, 1.807) is 0 Å². The van der Waals surface area contributed by atoms with E-state index >= 15 is 0 Å². The van der Waals surface area contributed by atoms with E-state index in [2.05, 4.69) is 20.9 Å². The van der Waals surface area contributed by atoms with E-state index in [9.17, 15) is 13.6 Å². The molecule has 0 fully saturated rings. The summed E-state index contributed by atoms with van der Waals surface area (Å²) in [4.78, 5) is 14.2. The average molecular weight is 285 g/mol. The molecule has 0 saturated heterocycles. The van der Waals surface area contributed by atoms with Crippen molar-refractivity contribution >= 4 is 38.5 Å². The molecule has 0 atom stereocenters. The van der Waals surface area contributed by atoms with Crippen LogP contribution in [-0.4, -0.2) is 10.2 Å². The van der Waals surface area contributed by atoms with Crippen molar-refractivity contribution in [2.24, 2.45) is 0 Å². The summed E-state index contributed by atoms with van der Waals surface area (Å²) in [5, 5.41) is -1.04. The standard InChI is InChI=1S/C7H4BrClF2N2O/c8-4-2(12)1-13-5(6(9)14)3(4)7(10)11/h1,7H,12H2. The van der Waals surface area contributed by atoms with Gasteiger partial charge in [0.25, 0.3) is 11.7 Å². The molecule has 0 bridgehead atoms. The Morgan fingerprint density at radius 1 is 1.64 bits per heavy atom. The van der Waals surface area contributed by atoms with Crippen LogP contribution in [0.2, 0.25) is 0 Å². The molecule has 0 spiro atoms. The van der Waals surface area contributed by atoms with E-state index in [1.165, 1.54) is 0 Å². The number of nitrogens with zero attached hydrogens (tertiary/aromatic N) is 1. The predicted octanol–water partition coefficient (Wildman–Crippen LogP) is 2.74. The molecule has 0 aliphatic carbocycles. The van der Waals surface area contributed by atoms with Gasteiger partial charge in [-0.15, -0.1) is 0 Å². The maximum absolute atomic E-state index is 12.5. The SMILES string of the molecule is Nc1cnc(C(=O)Cl)c(C(F)F)c1Br. The lowest BCUT2D eigenvalue weighted by Crippen LogP contribution is -2.05. The van der Waals surface area contributed by atoms with Crippen molar-refractivity contribution in [1.29, 1.82) is 0 Å². The fourth-order valence-corrected chi connectivity index (χ4v) is 1.49. The number of aromatic nitrogens is 1. The molecule has 1 heterocycles. The number of alkyl halides is 2. The number of pyridine rings is 1. The van der Waals surface area contributed by atoms with Crippen molar-refractivity contribution in [3.63, 3.8) is 0 Å². The third-order valence-electron chi connectivity index (χ3n) is 1.48. The van der Waals surface area contributed by atoms with Gasteiger partial charge in [0.2, 0.25) is 0 Å². The fraction of sp³-hybridized carbons (Fsp3) is 0.143. The van der Waals surface area contributed by atoms with Gasteiger partial charge < -0.3 is 5.73 Å². The predicted molar refractivity (Wildman–Crippen MR) is 51.5 cm³/mol. The molecule has 7 heteroatoms. The van der Waals surface area contributed by atoms with Crippen LogP contribution in [0.3, 0.4) is 0 Å². The van der Waals surface area contributed by atoms with E-state index in [-0.39, 0.29) is 10.2 Å². The van der Waals surface area contributed by atoms with Crippen molar-refractivity contribution in [2.75, 3.05) is 5.73 Å². The molecule has 0 aliphatic rings. The number of anilines is 1. The molecule has 0 aliphatic heterocycles. The molecular weight excluding hydrogens is 281 g/mol. The van der Waals surface area contributed by atoms with Crippen LogP contribution < -0.4 is 5.73 Å². The molecule has 0 unspecified atom stereocenters. The van der Waals surface area contributed by atoms with Gasteiger partial charge in [0, 0.05) is 0 Å². The summed E-state index contributed by atoms with van der Waals surface area (Å²) in [6.07, 6.45) is -1.77. The number of halogens is 4. The number of carbonyl (C=O) groups is 1. The van der Waals surface area contributed by atoms with E-state index in [4.69, 9.17) is 17.3 Å². The van der Waals surface area contributed by atoms with Gasteiger partial charge in [-0.1, -0.05) is 0 Å². The molecule has 1 aromatic heterocycles. The summed E-state index contributed by atoms with van der Waals surface area (Å²) in [7, 11) is 0. The van der Waals surface area contributed by atoms with Crippen molar-refractivity contribution in [3.05, 3.63) is 21.9 Å². The van der Waals surface area contributed by atoms with E-state index < -0.39 is 22.9 Å². The third kappa shape index (κ3) is 2.01. The molecule has 1 aromatic rings. The lowest BCUT2D eigenvalue weighted by molar-refractivity contribution is 0.106. The minimum Gasteiger partial charge on any atom is -0.397 e. The van der Waals surface area contributed by atoms with Crippen LogP contribution in [0.25, 0.3) is 0 Å². The summed E-state index contributed by atoms with van der Waals surface area (Å²) in [6, 6.07) is 0. The molecule has 76 valence electrons. The Morgan fingerprint density at radius 2 is 2.21 bits per heavy atom. The summed E-state index contributed by atoms with van der Waals surface area (Å²) >= 11 is 7.92. The molecule has 1 rings (SSSR count). The van der Waals surface area contributed by atoms with Gasteiger partial charge >= 0.3 is 0 Å². The minimum atomic E-state index is -2.86. The van der Waals surface area contributed by atoms with Crippen molar-refractivity contribution < 1.29 is 13.6 Å². The van der Waals surface area contributed by atoms with Crippen LogP contribution in [0.5, 0.6) is 0 Å². The first-order chi connectivity index (χ1) is 6.45. The number of rotatable bonds is 2. The number of hydrogen-bond acceptors (Lipinski definition) is 3. The topological polar surface area (TPSA) is 56.0 Å². The summed E-state index contributed by atoms with van der Waals surface area (Å²) in [6.45, 7) is 0. The second-order valence-electron chi connectivity index (χ2n) is 2.36. The Bertz CT molecular complexity index is 386. The first-order valence-corrected chi connectivity index (χ1v) is 4.54. The van der Waals surface area contributed by atoms with Crippen LogP contribution in [0.4, 0.5) is 14.5 Å². The van der Waals surface area contributed by atoms with Gasteiger partial charge in [0.05, 0.1) is 21.9 Å². The molecule has 0 amide bonds. The van der Waals surface area contributed by atoms with Crippen molar-refractivity contribution in [1.82, 2.24) is 4.98 Å². The van der Waals surface area contributed by atoms with Crippen LogP contribution in [0, 0.1) is 0 Å². The number of nitrogen functional groups attached to an aromatic ring is 1. The Kier molecular flexibility index (Phi) is 3.38. The Morgan fingerprint density at radius 3 is 2.64 bits per heavy atom. The maximum atomic E-state index is 12.5. The highest BCUT2D eigenvalue weighted by Crippen LogP contribution is 2.33. The Balaban J connectivity index is 3.45. The van der Waals surface area contributed by atoms with Gasteiger partial charge in [0.15, 0.2) is 0 Å². The number of hydrogen-bond donors (Lipinski definition) is 1. The zero-order valence-electron chi connectivity index (χ0n) is 6.60. The number of carbonyl (C=O) groups excluding carboxylic acids is 1. The normalized spacial score (nSPS) is 10.6. The first kappa shape index (κ1) is 11.3. The third-order valence-corrected chi connectivity index (χ3v) is 2.55. The molecule has 0 aromatic carbocycles. The van der Waals surface area contributed by atoms with Crippen LogP contribution in [0.15, 0.2) is 10.7 Å². The average Bonchev–Trinajstić information content (AvgIpc) is 2.08. The van der Waals surface area contributed by atoms with Gasteiger partial charge in [-0.25, -0.2) is 13.8 Å². The largest absolute Gasteiger partial charge is 0.397 e. The van der Waals surface area contributed by atoms with Gasteiger partial charge in [-0.05, 0) is 27.5 Å². The zero-order valence-corrected chi connectivity index (χ0v) is 8.94. The molecule has 3 nitrogen and oxygen atoms in total. The molecular formula is C7H4BrClF2N2O. The summed E-state index contributed by atoms with van der Waals surface area (Å²) < 4.78 is 24.9. The smallest absolute Gasteiger partial charge is 0.271 e. The highest BCUT2D eigenvalue weighted by molar-refractivity contribution is 9.10. The zero-order chi connectivity index (χ0) is 10.9. The Labute approximate surface area is 91.4 Å². The second-order valence-corrected chi connectivity index (χ2v) is 3.50. The molecule has 14 heavy (non-hydrogen) atoms. The van der Waals surface area contributed by atoms with E-state index in [1.807, 2.05) is 0 Å². The monoisotopic (exact) mass is 284 g/mol. The summed E-state index contributed by atoms with van der Waals surface area (Å²) in [5.41, 5.74) is 4.30. The van der Waals surface area contributed by atoms with Crippen molar-refractivity contribution in [3.8, 4) is 0 Å². The highest BCUT2D eigenvalue weighted by atomic mass is 79.9. The molecule has 2 N–H and O–H groups in total. The molecule has 0 saturated carbocycles. The van der Waals surface area contributed by atoms with Crippen molar-refractivity contribution in [2.45, 2.75) is 6.43 Å². The van der Waals surface area contributed by atoms with E-state index in [0.717, 1.165) is 6.20 Å². The minimum absolute atomic E-state index is 0.0296. The first-order valence-electron chi connectivity index (χ1n) is 3.37. The maximum Gasteiger partial charge on any atom is 0.271 e. The molecule has 0 radical (unpaired) electrons. The van der Waals surface area contributed by atoms with Crippen LogP contribution in [0.1, 0.15) is 22.5 Å². The lowest BCUT2D eigenvalue weighted by Gasteiger charge is -2.08. The van der Waals surface area contributed by atoms with Gasteiger partial charge in [0.1, 0.15) is 5.69 Å². The fourth-order valence-electron chi connectivity index (χ4n) is 0.876. The van der Waals surface area contributed by atoms with Gasteiger partial charge in [-0.3, -0.25) is 4.79 Å². The van der Waals surface area contributed by atoms with Crippen LogP contribution >= 0.6 is 27.5 Å². The van der Waals surface area contributed by atoms with Gasteiger partial charge in [-0.2, -0.15) is 0 Å². The Hall–Kier alpha value is -0.750. The second kappa shape index (κ2) is 4.18. The summed E-state index contributed by atoms with van der Waals surface area (Å²) in [5.74, 6) is 0.